The molecule has 1 atom stereocenters. The fourth-order valence-corrected chi connectivity index (χ4v) is 4.67. The standard InChI is InChI=1S/C17H18FN3O4S/c18-12-5-3-11(4-6-12)14-15(16(22)19-10-13-2-1-8-25-13)21-7-9-26(23,24)17(21)20-14/h3-6,13H,1-2,7-10H2,(H,19,22)/t13-/m0/s1. The van der Waals surface area contributed by atoms with Gasteiger partial charge in [0.15, 0.2) is 0 Å². The molecule has 1 aromatic carbocycles. The number of nitrogens with one attached hydrogen (secondary N) is 1. The summed E-state index contributed by atoms with van der Waals surface area (Å²) in [5.41, 5.74) is 0.921. The highest BCUT2D eigenvalue weighted by Crippen LogP contribution is 2.30. The van der Waals surface area contributed by atoms with Crippen molar-refractivity contribution in [3.63, 3.8) is 0 Å². The Hall–Kier alpha value is -2.26. The number of imidazole rings is 1. The molecule has 0 bridgehead atoms. The number of rotatable bonds is 4. The molecule has 138 valence electrons. The molecule has 0 unspecified atom stereocenters. The first-order chi connectivity index (χ1) is 12.5. The quantitative estimate of drug-likeness (QED) is 0.867. The number of halogens is 1. The van der Waals surface area contributed by atoms with Gasteiger partial charge in [0.1, 0.15) is 17.2 Å². The number of carbonyl (C=O) groups excluding carboxylic acids is 1. The third-order valence-corrected chi connectivity index (χ3v) is 6.23. The van der Waals surface area contributed by atoms with E-state index in [1.807, 2.05) is 0 Å². The number of benzene rings is 1. The number of ether oxygens (including phenoxy) is 1. The van der Waals surface area contributed by atoms with Gasteiger partial charge in [0.2, 0.25) is 15.0 Å². The Balaban J connectivity index is 1.71. The summed E-state index contributed by atoms with van der Waals surface area (Å²) in [6, 6.07) is 5.47. The topological polar surface area (TPSA) is 90.3 Å². The van der Waals surface area contributed by atoms with Crippen molar-refractivity contribution < 1.29 is 22.3 Å². The highest BCUT2D eigenvalue weighted by atomic mass is 32.2. The lowest BCUT2D eigenvalue weighted by Crippen LogP contribution is -2.33. The van der Waals surface area contributed by atoms with Crippen molar-refractivity contribution in [2.45, 2.75) is 30.6 Å². The van der Waals surface area contributed by atoms with E-state index in [0.717, 1.165) is 12.8 Å². The molecule has 3 heterocycles. The van der Waals surface area contributed by atoms with E-state index in [-0.39, 0.29) is 34.9 Å². The van der Waals surface area contributed by atoms with Crippen LogP contribution in [0.4, 0.5) is 4.39 Å². The molecule has 26 heavy (non-hydrogen) atoms. The number of sulfone groups is 1. The molecule has 0 spiro atoms. The monoisotopic (exact) mass is 379 g/mol. The Morgan fingerprint density at radius 1 is 1.35 bits per heavy atom. The van der Waals surface area contributed by atoms with Gasteiger partial charge in [-0.3, -0.25) is 4.79 Å². The highest BCUT2D eigenvalue weighted by Gasteiger charge is 2.35. The molecule has 0 saturated carbocycles. The molecule has 2 aromatic rings. The van der Waals surface area contributed by atoms with Crippen molar-refractivity contribution in [3.8, 4) is 11.3 Å². The Morgan fingerprint density at radius 3 is 2.81 bits per heavy atom. The van der Waals surface area contributed by atoms with Gasteiger partial charge in [0.05, 0.1) is 11.9 Å². The minimum atomic E-state index is -3.51. The van der Waals surface area contributed by atoms with Crippen molar-refractivity contribution in [2.24, 2.45) is 0 Å². The summed E-state index contributed by atoms with van der Waals surface area (Å²) in [7, 11) is -3.51. The number of aromatic nitrogens is 2. The number of nitrogens with zero attached hydrogens (tertiary/aromatic N) is 2. The van der Waals surface area contributed by atoms with E-state index in [9.17, 15) is 17.6 Å². The second kappa shape index (κ2) is 6.48. The van der Waals surface area contributed by atoms with Gasteiger partial charge in [-0.15, -0.1) is 0 Å². The number of amides is 1. The molecule has 1 saturated heterocycles. The summed E-state index contributed by atoms with van der Waals surface area (Å²) in [6.07, 6.45) is 1.81. The van der Waals surface area contributed by atoms with Crippen LogP contribution in [0.1, 0.15) is 23.3 Å². The van der Waals surface area contributed by atoms with Crippen LogP contribution >= 0.6 is 0 Å². The maximum absolute atomic E-state index is 13.2. The normalized spacial score (nSPS) is 20.9. The third kappa shape index (κ3) is 3.01. The predicted octanol–water partition coefficient (Wildman–Crippen LogP) is 1.39. The molecule has 2 aliphatic rings. The Labute approximate surface area is 150 Å². The summed E-state index contributed by atoms with van der Waals surface area (Å²) in [6.45, 7) is 1.21. The van der Waals surface area contributed by atoms with Crippen LogP contribution in [-0.4, -0.2) is 48.9 Å². The lowest BCUT2D eigenvalue weighted by atomic mass is 10.1. The molecule has 9 heteroatoms. The van der Waals surface area contributed by atoms with E-state index in [1.165, 1.54) is 28.8 Å². The van der Waals surface area contributed by atoms with Gasteiger partial charge in [-0.2, -0.15) is 0 Å². The number of carbonyl (C=O) groups is 1. The number of hydrogen-bond acceptors (Lipinski definition) is 5. The second-order valence-electron chi connectivity index (χ2n) is 6.41. The first-order valence-electron chi connectivity index (χ1n) is 8.45. The van der Waals surface area contributed by atoms with E-state index in [1.54, 1.807) is 0 Å². The van der Waals surface area contributed by atoms with Gasteiger partial charge < -0.3 is 14.6 Å². The molecule has 1 fully saturated rings. The molecular formula is C17H18FN3O4S. The zero-order chi connectivity index (χ0) is 18.3. The van der Waals surface area contributed by atoms with E-state index < -0.39 is 21.6 Å². The zero-order valence-corrected chi connectivity index (χ0v) is 14.8. The van der Waals surface area contributed by atoms with Gasteiger partial charge >= 0.3 is 0 Å². The molecule has 7 nitrogen and oxygen atoms in total. The molecular weight excluding hydrogens is 361 g/mol. The van der Waals surface area contributed by atoms with Crippen molar-refractivity contribution >= 4 is 15.7 Å². The molecule has 1 amide bonds. The van der Waals surface area contributed by atoms with Crippen LogP contribution in [0.3, 0.4) is 0 Å². The van der Waals surface area contributed by atoms with Gasteiger partial charge in [0, 0.05) is 25.3 Å². The van der Waals surface area contributed by atoms with Crippen molar-refractivity contribution in [1.82, 2.24) is 14.9 Å². The fraction of sp³-hybridized carbons (Fsp3) is 0.412. The Bertz CT molecular complexity index is 947. The van der Waals surface area contributed by atoms with Crippen LogP contribution in [0.25, 0.3) is 11.3 Å². The van der Waals surface area contributed by atoms with Crippen LogP contribution in [0.5, 0.6) is 0 Å². The SMILES string of the molecule is O=C(NC[C@@H]1CCCO1)c1c(-c2ccc(F)cc2)nc2n1CCS2(=O)=O. The van der Waals surface area contributed by atoms with E-state index in [0.29, 0.717) is 18.7 Å². The first-order valence-corrected chi connectivity index (χ1v) is 10.1. The van der Waals surface area contributed by atoms with Crippen LogP contribution in [0.15, 0.2) is 29.4 Å². The Kier molecular flexibility index (Phi) is 4.28. The smallest absolute Gasteiger partial charge is 0.270 e. The Morgan fingerprint density at radius 2 is 2.12 bits per heavy atom. The van der Waals surface area contributed by atoms with Crippen LogP contribution < -0.4 is 5.32 Å². The summed E-state index contributed by atoms with van der Waals surface area (Å²) in [5.74, 6) is -0.904. The number of hydrogen-bond donors (Lipinski definition) is 1. The lowest BCUT2D eigenvalue weighted by molar-refractivity contribution is 0.0850. The van der Waals surface area contributed by atoms with Gasteiger partial charge in [-0.1, -0.05) is 0 Å². The molecule has 4 rings (SSSR count). The summed E-state index contributed by atoms with van der Waals surface area (Å²) >= 11 is 0. The molecule has 1 aromatic heterocycles. The summed E-state index contributed by atoms with van der Waals surface area (Å²) in [4.78, 5) is 17.0. The summed E-state index contributed by atoms with van der Waals surface area (Å²) in [5, 5.41) is 2.70. The average molecular weight is 379 g/mol. The summed E-state index contributed by atoms with van der Waals surface area (Å²) < 4.78 is 44.6. The fourth-order valence-electron chi connectivity index (χ4n) is 3.31. The van der Waals surface area contributed by atoms with E-state index >= 15 is 0 Å². The zero-order valence-electron chi connectivity index (χ0n) is 13.9. The largest absolute Gasteiger partial charge is 0.376 e. The average Bonchev–Trinajstić information content (AvgIpc) is 3.31. The van der Waals surface area contributed by atoms with Gasteiger partial charge in [0.25, 0.3) is 5.91 Å². The maximum atomic E-state index is 13.2. The lowest BCUT2D eigenvalue weighted by Gasteiger charge is -2.12. The van der Waals surface area contributed by atoms with E-state index in [2.05, 4.69) is 10.3 Å². The van der Waals surface area contributed by atoms with Crippen molar-refractivity contribution in [2.75, 3.05) is 18.9 Å². The number of fused-ring (bicyclic) bond motifs is 1. The van der Waals surface area contributed by atoms with Crippen LogP contribution in [-0.2, 0) is 21.1 Å². The van der Waals surface area contributed by atoms with E-state index in [4.69, 9.17) is 4.74 Å². The second-order valence-corrected chi connectivity index (χ2v) is 8.42. The molecule has 1 N–H and O–H groups in total. The van der Waals surface area contributed by atoms with Crippen molar-refractivity contribution in [1.29, 1.82) is 0 Å². The molecule has 0 aliphatic carbocycles. The van der Waals surface area contributed by atoms with Crippen LogP contribution in [0.2, 0.25) is 0 Å². The van der Waals surface area contributed by atoms with Crippen LogP contribution in [0, 0.1) is 5.82 Å². The first kappa shape index (κ1) is 17.2. The minimum Gasteiger partial charge on any atom is -0.376 e. The highest BCUT2D eigenvalue weighted by molar-refractivity contribution is 7.91. The molecule has 2 aliphatic heterocycles. The minimum absolute atomic E-state index is 0.0297. The van der Waals surface area contributed by atoms with Gasteiger partial charge in [-0.05, 0) is 37.1 Å². The van der Waals surface area contributed by atoms with Gasteiger partial charge in [-0.25, -0.2) is 17.8 Å². The third-order valence-electron chi connectivity index (χ3n) is 4.64. The van der Waals surface area contributed by atoms with Crippen molar-refractivity contribution in [3.05, 3.63) is 35.8 Å². The molecule has 0 radical (unpaired) electrons. The maximum Gasteiger partial charge on any atom is 0.270 e. The predicted molar refractivity (Wildman–Crippen MR) is 91.0 cm³/mol.